The molecular weight excluding hydrogens is 604 g/mol. The van der Waals surface area contributed by atoms with E-state index < -0.39 is 28.5 Å². The molecule has 9 nitrogen and oxygen atoms in total. The van der Waals surface area contributed by atoms with E-state index >= 15 is 0 Å². The van der Waals surface area contributed by atoms with Crippen molar-refractivity contribution in [2.24, 2.45) is 7.05 Å². The van der Waals surface area contributed by atoms with Gasteiger partial charge < -0.3 is 10.6 Å². The second kappa shape index (κ2) is 9.71. The van der Waals surface area contributed by atoms with Gasteiger partial charge in [0.15, 0.2) is 0 Å². The number of anilines is 3. The summed E-state index contributed by atoms with van der Waals surface area (Å²) < 4.78 is 19.3. The normalized spacial score (nSPS) is 12.9. The van der Waals surface area contributed by atoms with E-state index in [0.29, 0.717) is 27.8 Å². The highest BCUT2D eigenvalue weighted by molar-refractivity contribution is 14.1. The predicted octanol–water partition coefficient (Wildman–Crippen LogP) is 4.11. The standard InChI is InChI=1S/C27H23FIN5O4/c1-4-21(35)30-16-6-5-7-18(13-16)33-23-14(2)25(36)32(3)24(31-20-11-8-15(29)12-19(20)28)22(23)26(37)34(27(33)38)17-9-10-17/h4-8,11-13,17,31H,1,9-10H2,2-3H3,(H,30,35). The number of hydrogen-bond acceptors (Lipinski definition) is 5. The average molecular weight is 627 g/mol. The number of fused-ring (bicyclic) bond motifs is 1. The van der Waals surface area contributed by atoms with Crippen LogP contribution >= 0.6 is 22.6 Å². The summed E-state index contributed by atoms with van der Waals surface area (Å²) in [5.74, 6) is -0.919. The first-order valence-corrected chi connectivity index (χ1v) is 12.9. The van der Waals surface area contributed by atoms with Crippen LogP contribution in [-0.4, -0.2) is 19.6 Å². The minimum absolute atomic E-state index is 0.0694. The van der Waals surface area contributed by atoms with Gasteiger partial charge in [-0.1, -0.05) is 12.6 Å². The molecule has 0 aliphatic heterocycles. The third-order valence-electron chi connectivity index (χ3n) is 6.50. The highest BCUT2D eigenvalue weighted by Crippen LogP contribution is 2.34. The first-order chi connectivity index (χ1) is 18.1. The van der Waals surface area contributed by atoms with E-state index in [9.17, 15) is 23.6 Å². The number of aryl methyl sites for hydroxylation is 1. The molecule has 1 saturated carbocycles. The zero-order valence-corrected chi connectivity index (χ0v) is 22.7. The number of hydrogen-bond donors (Lipinski definition) is 2. The molecule has 0 radical (unpaired) electrons. The van der Waals surface area contributed by atoms with Crippen LogP contribution in [0.1, 0.15) is 24.4 Å². The highest BCUT2D eigenvalue weighted by Gasteiger charge is 2.31. The Morgan fingerprint density at radius 2 is 1.87 bits per heavy atom. The molecule has 1 fully saturated rings. The molecular formula is C27H23FIN5O4. The second-order valence-corrected chi connectivity index (χ2v) is 10.3. The molecule has 0 atom stereocenters. The number of nitrogens with one attached hydrogen (secondary N) is 2. The fourth-order valence-corrected chi connectivity index (χ4v) is 4.94. The molecule has 38 heavy (non-hydrogen) atoms. The van der Waals surface area contributed by atoms with Crippen molar-refractivity contribution in [2.45, 2.75) is 25.8 Å². The van der Waals surface area contributed by atoms with Crippen molar-refractivity contribution in [1.82, 2.24) is 13.7 Å². The topological polar surface area (TPSA) is 107 Å². The van der Waals surface area contributed by atoms with E-state index in [1.54, 1.807) is 37.3 Å². The fourth-order valence-electron chi connectivity index (χ4n) is 4.49. The van der Waals surface area contributed by atoms with Crippen molar-refractivity contribution in [2.75, 3.05) is 10.6 Å². The minimum atomic E-state index is -0.597. The average Bonchev–Trinajstić information content (AvgIpc) is 3.72. The summed E-state index contributed by atoms with van der Waals surface area (Å²) in [6, 6.07) is 10.8. The molecule has 5 rings (SSSR count). The fraction of sp³-hybridized carbons (Fsp3) is 0.185. The lowest BCUT2D eigenvalue weighted by Gasteiger charge is -2.21. The Balaban J connectivity index is 1.88. The van der Waals surface area contributed by atoms with Gasteiger partial charge in [0.05, 0.1) is 16.9 Å². The van der Waals surface area contributed by atoms with Crippen LogP contribution in [0.3, 0.4) is 0 Å². The van der Waals surface area contributed by atoms with Crippen LogP contribution in [0.15, 0.2) is 69.5 Å². The molecule has 1 aliphatic rings. The number of aromatic nitrogens is 3. The maximum Gasteiger partial charge on any atom is 0.336 e. The minimum Gasteiger partial charge on any atom is -0.338 e. The van der Waals surface area contributed by atoms with E-state index in [4.69, 9.17) is 0 Å². The van der Waals surface area contributed by atoms with E-state index in [1.807, 2.05) is 22.6 Å². The third kappa shape index (κ3) is 4.36. The SMILES string of the molecule is C=CC(=O)Nc1cccc(-n2c(=O)n(C3CC3)c(=O)c3c(Nc4ccc(I)cc4F)n(C)c(=O)c(C)c32)c1. The molecule has 11 heteroatoms. The quantitative estimate of drug-likeness (QED) is 0.247. The van der Waals surface area contributed by atoms with Gasteiger partial charge in [0.25, 0.3) is 11.1 Å². The van der Waals surface area contributed by atoms with Gasteiger partial charge in [0.2, 0.25) is 5.91 Å². The summed E-state index contributed by atoms with van der Waals surface area (Å²) in [4.78, 5) is 52.9. The zero-order chi connectivity index (χ0) is 27.3. The Hall–Kier alpha value is -4.00. The van der Waals surface area contributed by atoms with Crippen molar-refractivity contribution >= 4 is 56.6 Å². The number of carbonyl (C=O) groups is 1. The number of pyridine rings is 1. The Morgan fingerprint density at radius 3 is 2.53 bits per heavy atom. The van der Waals surface area contributed by atoms with Gasteiger partial charge in [-0.3, -0.25) is 28.1 Å². The van der Waals surface area contributed by atoms with Crippen molar-refractivity contribution in [3.8, 4) is 5.69 Å². The van der Waals surface area contributed by atoms with E-state index in [1.165, 1.54) is 32.9 Å². The molecule has 2 aromatic carbocycles. The van der Waals surface area contributed by atoms with Crippen LogP contribution in [0.4, 0.5) is 21.6 Å². The van der Waals surface area contributed by atoms with E-state index in [2.05, 4.69) is 17.2 Å². The van der Waals surface area contributed by atoms with Gasteiger partial charge in [-0.15, -0.1) is 0 Å². The Bertz CT molecular complexity index is 1830. The summed E-state index contributed by atoms with van der Waals surface area (Å²) in [6.07, 6.45) is 2.45. The molecule has 2 N–H and O–H groups in total. The third-order valence-corrected chi connectivity index (χ3v) is 7.17. The van der Waals surface area contributed by atoms with Gasteiger partial charge in [-0.25, -0.2) is 9.18 Å². The van der Waals surface area contributed by atoms with Crippen LogP contribution in [0, 0.1) is 16.3 Å². The molecule has 0 saturated heterocycles. The highest BCUT2D eigenvalue weighted by atomic mass is 127. The van der Waals surface area contributed by atoms with Gasteiger partial charge in [0, 0.05) is 27.9 Å². The summed E-state index contributed by atoms with van der Waals surface area (Å²) in [5, 5.41) is 5.67. The zero-order valence-electron chi connectivity index (χ0n) is 20.5. The molecule has 2 heterocycles. The Morgan fingerprint density at radius 1 is 1.13 bits per heavy atom. The van der Waals surface area contributed by atoms with E-state index in [0.717, 1.165) is 6.08 Å². The van der Waals surface area contributed by atoms with Crippen LogP contribution in [0.5, 0.6) is 0 Å². The van der Waals surface area contributed by atoms with Crippen molar-refractivity contribution in [3.63, 3.8) is 0 Å². The number of carbonyl (C=O) groups excluding carboxylic acids is 1. The molecule has 1 amide bonds. The maximum atomic E-state index is 14.8. The second-order valence-electron chi connectivity index (χ2n) is 9.08. The molecule has 1 aliphatic carbocycles. The van der Waals surface area contributed by atoms with Crippen molar-refractivity contribution in [1.29, 1.82) is 0 Å². The lowest BCUT2D eigenvalue weighted by molar-refractivity contribution is -0.111. The van der Waals surface area contributed by atoms with Crippen molar-refractivity contribution < 1.29 is 9.18 Å². The Labute approximate surface area is 229 Å². The summed E-state index contributed by atoms with van der Waals surface area (Å²) in [5.41, 5.74) is -0.508. The summed E-state index contributed by atoms with van der Waals surface area (Å²) >= 11 is 1.99. The number of amides is 1. The number of nitrogens with zero attached hydrogens (tertiary/aromatic N) is 3. The lowest BCUT2D eigenvalue weighted by Crippen LogP contribution is -2.41. The van der Waals surface area contributed by atoms with E-state index in [-0.39, 0.29) is 34.0 Å². The predicted molar refractivity (Wildman–Crippen MR) is 153 cm³/mol. The number of halogens is 2. The monoisotopic (exact) mass is 627 g/mol. The van der Waals surface area contributed by atoms with Gasteiger partial charge >= 0.3 is 5.69 Å². The molecule has 4 aromatic rings. The van der Waals surface area contributed by atoms with Crippen LogP contribution in [-0.2, 0) is 11.8 Å². The van der Waals surface area contributed by atoms with Crippen LogP contribution in [0.25, 0.3) is 16.6 Å². The number of rotatable bonds is 6. The van der Waals surface area contributed by atoms with Gasteiger partial charge in [-0.05, 0) is 84.8 Å². The maximum absolute atomic E-state index is 14.8. The van der Waals surface area contributed by atoms with Gasteiger partial charge in [0.1, 0.15) is 17.0 Å². The smallest absolute Gasteiger partial charge is 0.336 e. The van der Waals surface area contributed by atoms with Gasteiger partial charge in [-0.2, -0.15) is 0 Å². The molecule has 2 aromatic heterocycles. The molecule has 0 spiro atoms. The molecule has 194 valence electrons. The molecule has 0 unspecified atom stereocenters. The molecule has 0 bridgehead atoms. The van der Waals surface area contributed by atoms with Crippen LogP contribution < -0.4 is 27.4 Å². The summed E-state index contributed by atoms with van der Waals surface area (Å²) in [6.45, 7) is 4.99. The lowest BCUT2D eigenvalue weighted by atomic mass is 10.1. The number of benzene rings is 2. The largest absolute Gasteiger partial charge is 0.338 e. The van der Waals surface area contributed by atoms with Crippen molar-refractivity contribution in [3.05, 3.63) is 101 Å². The first kappa shape index (κ1) is 25.6. The first-order valence-electron chi connectivity index (χ1n) is 11.8. The van der Waals surface area contributed by atoms with Crippen LogP contribution in [0.2, 0.25) is 0 Å². The summed E-state index contributed by atoms with van der Waals surface area (Å²) in [7, 11) is 1.49. The Kier molecular flexibility index (Phi) is 6.55.